The van der Waals surface area contributed by atoms with Crippen LogP contribution in [-0.2, 0) is 4.74 Å². The van der Waals surface area contributed by atoms with Crippen molar-refractivity contribution in [2.45, 2.75) is 13.3 Å². The molecule has 0 heterocycles. The van der Waals surface area contributed by atoms with Crippen LogP contribution in [0.4, 0.5) is 11.4 Å². The quantitative estimate of drug-likeness (QED) is 0.653. The highest BCUT2D eigenvalue weighted by Crippen LogP contribution is 2.43. The van der Waals surface area contributed by atoms with Crippen molar-refractivity contribution in [2.75, 3.05) is 18.1 Å². The number of nitrogens with two attached hydrogens (primary N) is 2. The summed E-state index contributed by atoms with van der Waals surface area (Å²) in [4.78, 5) is 12.6. The number of fused-ring (bicyclic) bond motifs is 2. The Morgan fingerprint density at radius 2 is 1.89 bits per heavy atom. The molecule has 2 aliphatic rings. The lowest BCUT2D eigenvalue weighted by Gasteiger charge is -2.37. The Labute approximate surface area is 158 Å². The predicted octanol–water partition coefficient (Wildman–Crippen LogP) is 2.55. The molecule has 1 unspecified atom stereocenters. The average molecular weight is 358 g/mol. The Kier molecular flexibility index (Phi) is 4.11. The number of allylic oxidation sites excluding steroid dienone is 4. The SMILES string of the molecule is CC12CC=CC=C1C=c1ccccc1=C2COC(=O)c1cc(N)cc(N)c1. The van der Waals surface area contributed by atoms with E-state index in [2.05, 4.69) is 43.4 Å². The largest absolute Gasteiger partial charge is 0.458 e. The fraction of sp³-hybridized carbons (Fsp3) is 0.174. The van der Waals surface area contributed by atoms with Crippen LogP contribution in [0.15, 0.2) is 66.3 Å². The normalized spacial score (nSPS) is 20.2. The van der Waals surface area contributed by atoms with Crippen LogP contribution in [0.3, 0.4) is 0 Å². The molecule has 0 amide bonds. The van der Waals surface area contributed by atoms with Crippen LogP contribution in [0.1, 0.15) is 23.7 Å². The number of anilines is 2. The lowest BCUT2D eigenvalue weighted by atomic mass is 9.68. The fourth-order valence-corrected chi connectivity index (χ4v) is 3.90. The number of carbonyl (C=O) groups is 1. The summed E-state index contributed by atoms with van der Waals surface area (Å²) < 4.78 is 5.70. The van der Waals surface area contributed by atoms with Crippen molar-refractivity contribution in [1.29, 1.82) is 0 Å². The van der Waals surface area contributed by atoms with E-state index in [0.717, 1.165) is 22.4 Å². The number of ether oxygens (including phenoxy) is 1. The molecule has 0 aromatic heterocycles. The monoisotopic (exact) mass is 358 g/mol. The number of nitrogen functional groups attached to an aromatic ring is 2. The van der Waals surface area contributed by atoms with Gasteiger partial charge in [0, 0.05) is 16.8 Å². The highest BCUT2D eigenvalue weighted by molar-refractivity contribution is 5.92. The van der Waals surface area contributed by atoms with Crippen molar-refractivity contribution in [3.8, 4) is 0 Å². The van der Waals surface area contributed by atoms with E-state index in [9.17, 15) is 4.79 Å². The number of hydrogen-bond acceptors (Lipinski definition) is 4. The van der Waals surface area contributed by atoms with Crippen LogP contribution in [0.5, 0.6) is 0 Å². The maximum Gasteiger partial charge on any atom is 0.338 e. The van der Waals surface area contributed by atoms with Crippen LogP contribution in [-0.4, -0.2) is 12.6 Å². The number of hydrogen-bond donors (Lipinski definition) is 2. The molecule has 2 aromatic rings. The first-order valence-corrected chi connectivity index (χ1v) is 8.98. The van der Waals surface area contributed by atoms with Crippen LogP contribution in [0, 0.1) is 5.41 Å². The summed E-state index contributed by atoms with van der Waals surface area (Å²) >= 11 is 0. The predicted molar refractivity (Wildman–Crippen MR) is 109 cm³/mol. The van der Waals surface area contributed by atoms with Gasteiger partial charge in [0.25, 0.3) is 0 Å². The molecule has 0 fully saturated rings. The molecular weight excluding hydrogens is 336 g/mol. The Hall–Kier alpha value is -3.27. The van der Waals surface area contributed by atoms with Gasteiger partial charge in [0.1, 0.15) is 6.61 Å². The Morgan fingerprint density at radius 1 is 1.15 bits per heavy atom. The van der Waals surface area contributed by atoms with E-state index in [0.29, 0.717) is 16.9 Å². The minimum absolute atomic E-state index is 0.182. The topological polar surface area (TPSA) is 78.3 Å². The van der Waals surface area contributed by atoms with Gasteiger partial charge in [0.15, 0.2) is 0 Å². The summed E-state index contributed by atoms with van der Waals surface area (Å²) in [5.41, 5.74) is 15.0. The summed E-state index contributed by atoms with van der Waals surface area (Å²) in [5.74, 6) is -0.422. The van der Waals surface area contributed by atoms with Gasteiger partial charge in [-0.05, 0) is 46.2 Å². The van der Waals surface area contributed by atoms with Gasteiger partial charge in [-0.25, -0.2) is 4.79 Å². The van der Waals surface area contributed by atoms with Crippen LogP contribution in [0.25, 0.3) is 11.6 Å². The molecule has 0 saturated carbocycles. The highest BCUT2D eigenvalue weighted by atomic mass is 16.5. The maximum absolute atomic E-state index is 12.6. The van der Waals surface area contributed by atoms with Crippen LogP contribution in [0.2, 0.25) is 0 Å². The molecule has 4 heteroatoms. The average Bonchev–Trinajstić information content (AvgIpc) is 2.64. The second-order valence-electron chi connectivity index (χ2n) is 7.26. The molecule has 0 saturated heterocycles. The van der Waals surface area contributed by atoms with E-state index in [1.807, 2.05) is 12.1 Å². The van der Waals surface area contributed by atoms with Gasteiger partial charge in [0.05, 0.1) is 5.56 Å². The van der Waals surface area contributed by atoms with E-state index >= 15 is 0 Å². The van der Waals surface area contributed by atoms with E-state index in [4.69, 9.17) is 16.2 Å². The number of esters is 1. The molecule has 27 heavy (non-hydrogen) atoms. The van der Waals surface area contributed by atoms with Gasteiger partial charge in [0.2, 0.25) is 0 Å². The van der Waals surface area contributed by atoms with Crippen molar-refractivity contribution in [2.24, 2.45) is 5.41 Å². The second kappa shape index (κ2) is 6.47. The van der Waals surface area contributed by atoms with E-state index in [1.54, 1.807) is 18.2 Å². The van der Waals surface area contributed by atoms with Crippen LogP contribution >= 0.6 is 0 Å². The zero-order valence-electron chi connectivity index (χ0n) is 15.2. The van der Waals surface area contributed by atoms with Crippen molar-refractivity contribution in [3.05, 3.63) is 82.3 Å². The highest BCUT2D eigenvalue weighted by Gasteiger charge is 2.35. The smallest absolute Gasteiger partial charge is 0.338 e. The fourth-order valence-electron chi connectivity index (χ4n) is 3.90. The first-order valence-electron chi connectivity index (χ1n) is 8.98. The molecule has 2 aliphatic carbocycles. The Bertz CT molecular complexity index is 1090. The minimum atomic E-state index is -0.422. The molecule has 4 rings (SSSR count). The standard InChI is InChI=1S/C23H22N2O2/c1-23-9-5-4-7-17(23)10-15-6-2-3-8-20(15)21(23)14-27-22(26)16-11-18(24)13-19(25)12-16/h2-8,10-13H,9,14,24-25H2,1H3. The lowest BCUT2D eigenvalue weighted by Crippen LogP contribution is -2.40. The molecule has 0 aliphatic heterocycles. The van der Waals surface area contributed by atoms with E-state index in [-0.39, 0.29) is 12.0 Å². The summed E-state index contributed by atoms with van der Waals surface area (Å²) in [5, 5.41) is 2.28. The van der Waals surface area contributed by atoms with E-state index < -0.39 is 5.97 Å². The third kappa shape index (κ3) is 3.04. The maximum atomic E-state index is 12.6. The molecule has 136 valence electrons. The lowest BCUT2D eigenvalue weighted by molar-refractivity contribution is 0.0547. The van der Waals surface area contributed by atoms with Gasteiger partial charge in [-0.3, -0.25) is 0 Å². The van der Waals surface area contributed by atoms with E-state index in [1.165, 1.54) is 5.57 Å². The molecule has 0 radical (unpaired) electrons. The first kappa shape index (κ1) is 17.2. The molecule has 1 atom stereocenters. The van der Waals surface area contributed by atoms with Gasteiger partial charge >= 0.3 is 5.97 Å². The third-order valence-electron chi connectivity index (χ3n) is 5.40. The second-order valence-corrected chi connectivity index (χ2v) is 7.26. The summed E-state index contributed by atoms with van der Waals surface area (Å²) in [7, 11) is 0. The van der Waals surface area contributed by atoms with Gasteiger partial charge in [-0.2, -0.15) is 0 Å². The zero-order chi connectivity index (χ0) is 19.0. The summed E-state index contributed by atoms with van der Waals surface area (Å²) in [6, 6.07) is 13.0. The molecule has 4 N–H and O–H groups in total. The summed E-state index contributed by atoms with van der Waals surface area (Å²) in [6.07, 6.45) is 9.48. The van der Waals surface area contributed by atoms with Gasteiger partial charge in [-0.15, -0.1) is 0 Å². The third-order valence-corrected chi connectivity index (χ3v) is 5.40. The zero-order valence-corrected chi connectivity index (χ0v) is 15.2. The van der Waals surface area contributed by atoms with Crippen molar-refractivity contribution in [1.82, 2.24) is 0 Å². The van der Waals surface area contributed by atoms with Crippen molar-refractivity contribution < 1.29 is 9.53 Å². The molecule has 4 nitrogen and oxygen atoms in total. The van der Waals surface area contributed by atoms with Gasteiger partial charge < -0.3 is 16.2 Å². The van der Waals surface area contributed by atoms with Gasteiger partial charge in [-0.1, -0.05) is 55.5 Å². The summed E-state index contributed by atoms with van der Waals surface area (Å²) in [6.45, 7) is 2.43. The molecule has 0 spiro atoms. The van der Waals surface area contributed by atoms with Crippen molar-refractivity contribution in [3.63, 3.8) is 0 Å². The number of rotatable bonds is 3. The number of carbonyl (C=O) groups excluding carboxylic acids is 1. The molecular formula is C23H22N2O2. The Balaban J connectivity index is 1.71. The van der Waals surface area contributed by atoms with Crippen molar-refractivity contribution >= 4 is 29.0 Å². The van der Waals surface area contributed by atoms with Crippen LogP contribution < -0.4 is 21.9 Å². The molecule has 2 aromatic carbocycles. The number of benzene rings is 2. The molecule has 0 bridgehead atoms. The minimum Gasteiger partial charge on any atom is -0.458 e. The Morgan fingerprint density at radius 3 is 2.67 bits per heavy atom. The first-order chi connectivity index (χ1) is 13.0.